The van der Waals surface area contributed by atoms with Gasteiger partial charge in [-0.15, -0.1) is 5.10 Å². The molecular formula is C16H20F2N4O2. The van der Waals surface area contributed by atoms with Gasteiger partial charge >= 0.3 is 6.61 Å². The van der Waals surface area contributed by atoms with Crippen LogP contribution in [-0.4, -0.2) is 46.2 Å². The van der Waals surface area contributed by atoms with Gasteiger partial charge < -0.3 is 9.47 Å². The fourth-order valence-electron chi connectivity index (χ4n) is 2.81. The normalized spacial score (nSPS) is 18.9. The van der Waals surface area contributed by atoms with Crippen molar-refractivity contribution >= 4 is 0 Å². The van der Waals surface area contributed by atoms with Crippen molar-refractivity contribution in [2.75, 3.05) is 19.7 Å². The number of hydrogen-bond acceptors (Lipinski definition) is 5. The number of ether oxygens (including phenoxy) is 2. The molecule has 8 heteroatoms. The van der Waals surface area contributed by atoms with E-state index in [-0.39, 0.29) is 11.9 Å². The Kier molecular flexibility index (Phi) is 5.37. The molecule has 2 aromatic rings. The molecule has 0 saturated carbocycles. The lowest BCUT2D eigenvalue weighted by Gasteiger charge is -2.33. The highest BCUT2D eigenvalue weighted by Gasteiger charge is 2.23. The van der Waals surface area contributed by atoms with Crippen LogP contribution < -0.4 is 4.74 Å². The standard InChI is InChI=1S/C16H20F2N4O2/c1-2-22-13(9-19-20-22)10-21-7-8-23-15(11-21)12-3-5-14(6-4-12)24-16(17)18/h3-6,9,15-16H,2,7-8,10-11H2,1H3. The average Bonchev–Trinajstić information content (AvgIpc) is 3.02. The van der Waals surface area contributed by atoms with Gasteiger partial charge in [0.2, 0.25) is 0 Å². The monoisotopic (exact) mass is 338 g/mol. The van der Waals surface area contributed by atoms with Crippen molar-refractivity contribution in [3.8, 4) is 5.75 Å². The maximum atomic E-state index is 12.2. The molecule has 0 spiro atoms. The number of morpholine rings is 1. The van der Waals surface area contributed by atoms with E-state index in [4.69, 9.17) is 4.74 Å². The molecule has 1 fully saturated rings. The highest BCUT2D eigenvalue weighted by Crippen LogP contribution is 2.25. The number of halogens is 2. The average molecular weight is 338 g/mol. The van der Waals surface area contributed by atoms with E-state index in [0.717, 1.165) is 37.4 Å². The summed E-state index contributed by atoms with van der Waals surface area (Å²) in [7, 11) is 0. The van der Waals surface area contributed by atoms with Gasteiger partial charge in [0.05, 0.1) is 24.6 Å². The zero-order valence-electron chi connectivity index (χ0n) is 13.4. The first kappa shape index (κ1) is 16.8. The lowest BCUT2D eigenvalue weighted by Crippen LogP contribution is -2.38. The lowest BCUT2D eigenvalue weighted by molar-refractivity contribution is -0.0500. The largest absolute Gasteiger partial charge is 0.435 e. The Hall–Kier alpha value is -2.06. The summed E-state index contributed by atoms with van der Waals surface area (Å²) < 4.78 is 36.5. The molecule has 1 aromatic heterocycles. The topological polar surface area (TPSA) is 52.4 Å². The number of rotatable bonds is 6. The Morgan fingerprint density at radius 2 is 2.12 bits per heavy atom. The maximum absolute atomic E-state index is 12.2. The third kappa shape index (κ3) is 4.07. The lowest BCUT2D eigenvalue weighted by atomic mass is 10.1. The predicted molar refractivity (Wildman–Crippen MR) is 82.7 cm³/mol. The van der Waals surface area contributed by atoms with E-state index in [1.165, 1.54) is 0 Å². The number of alkyl halides is 2. The summed E-state index contributed by atoms with van der Waals surface area (Å²) in [5.41, 5.74) is 2.02. The van der Waals surface area contributed by atoms with E-state index in [1.807, 2.05) is 11.6 Å². The number of hydrogen-bond donors (Lipinski definition) is 0. The van der Waals surface area contributed by atoms with Gasteiger partial charge in [0.25, 0.3) is 0 Å². The molecule has 2 heterocycles. The molecule has 1 aliphatic heterocycles. The van der Waals surface area contributed by atoms with Crippen LogP contribution in [0, 0.1) is 0 Å². The van der Waals surface area contributed by atoms with Crippen LogP contribution in [0.3, 0.4) is 0 Å². The van der Waals surface area contributed by atoms with Gasteiger partial charge in [0.1, 0.15) is 5.75 Å². The quantitative estimate of drug-likeness (QED) is 0.810. The molecule has 24 heavy (non-hydrogen) atoms. The Balaban J connectivity index is 1.62. The number of nitrogens with zero attached hydrogens (tertiary/aromatic N) is 4. The van der Waals surface area contributed by atoms with Gasteiger partial charge in [-0.2, -0.15) is 8.78 Å². The Morgan fingerprint density at radius 3 is 2.83 bits per heavy atom. The molecule has 0 bridgehead atoms. The van der Waals surface area contributed by atoms with Gasteiger partial charge in [-0.1, -0.05) is 17.3 Å². The minimum atomic E-state index is -2.81. The smallest absolute Gasteiger partial charge is 0.387 e. The van der Waals surface area contributed by atoms with Crippen LogP contribution in [0.15, 0.2) is 30.5 Å². The molecule has 1 aromatic carbocycles. The Morgan fingerprint density at radius 1 is 1.33 bits per heavy atom. The van der Waals surface area contributed by atoms with Crippen molar-refractivity contribution < 1.29 is 18.3 Å². The van der Waals surface area contributed by atoms with Crippen molar-refractivity contribution in [2.24, 2.45) is 0 Å². The Bertz CT molecular complexity index is 648. The second-order valence-electron chi connectivity index (χ2n) is 5.58. The first-order chi connectivity index (χ1) is 11.7. The third-order valence-corrected chi connectivity index (χ3v) is 4.01. The summed E-state index contributed by atoms with van der Waals surface area (Å²) >= 11 is 0. The Labute approximate surface area is 139 Å². The summed E-state index contributed by atoms with van der Waals surface area (Å²) in [6, 6.07) is 6.62. The molecule has 0 aliphatic carbocycles. The minimum Gasteiger partial charge on any atom is -0.435 e. The number of aromatic nitrogens is 3. The van der Waals surface area contributed by atoms with Gasteiger partial charge in [-0.25, -0.2) is 4.68 Å². The summed E-state index contributed by atoms with van der Waals surface area (Å²) in [6.45, 7) is 2.94. The van der Waals surface area contributed by atoms with Crippen molar-refractivity contribution in [3.63, 3.8) is 0 Å². The second kappa shape index (κ2) is 7.67. The molecule has 0 radical (unpaired) electrons. The van der Waals surface area contributed by atoms with Crippen LogP contribution in [0.2, 0.25) is 0 Å². The van der Waals surface area contributed by atoms with E-state index in [0.29, 0.717) is 6.61 Å². The van der Waals surface area contributed by atoms with Crippen molar-refractivity contribution in [3.05, 3.63) is 41.7 Å². The fourth-order valence-corrected chi connectivity index (χ4v) is 2.81. The summed E-state index contributed by atoms with van der Waals surface area (Å²) in [5, 5.41) is 7.99. The molecule has 6 nitrogen and oxygen atoms in total. The maximum Gasteiger partial charge on any atom is 0.387 e. The molecule has 1 saturated heterocycles. The molecule has 0 N–H and O–H groups in total. The number of benzene rings is 1. The highest BCUT2D eigenvalue weighted by atomic mass is 19.3. The van der Waals surface area contributed by atoms with Crippen LogP contribution in [0.5, 0.6) is 5.75 Å². The molecule has 3 rings (SSSR count). The minimum absolute atomic E-state index is 0.0923. The van der Waals surface area contributed by atoms with Gasteiger partial charge in [0.15, 0.2) is 0 Å². The van der Waals surface area contributed by atoms with Crippen LogP contribution in [0.25, 0.3) is 0 Å². The first-order valence-electron chi connectivity index (χ1n) is 7.91. The highest BCUT2D eigenvalue weighted by molar-refractivity contribution is 5.29. The van der Waals surface area contributed by atoms with Crippen LogP contribution in [0.4, 0.5) is 8.78 Å². The van der Waals surface area contributed by atoms with Crippen LogP contribution in [-0.2, 0) is 17.8 Å². The van der Waals surface area contributed by atoms with Gasteiger partial charge in [-0.05, 0) is 24.6 Å². The van der Waals surface area contributed by atoms with E-state index in [9.17, 15) is 8.78 Å². The molecule has 0 amide bonds. The van der Waals surface area contributed by atoms with Crippen molar-refractivity contribution in [1.29, 1.82) is 0 Å². The molecule has 130 valence electrons. The molecule has 1 atom stereocenters. The first-order valence-corrected chi connectivity index (χ1v) is 7.91. The SMILES string of the molecule is CCn1nncc1CN1CCOC(c2ccc(OC(F)F)cc2)C1. The van der Waals surface area contributed by atoms with E-state index >= 15 is 0 Å². The van der Waals surface area contributed by atoms with Crippen molar-refractivity contribution in [2.45, 2.75) is 32.7 Å². The summed E-state index contributed by atoms with van der Waals surface area (Å²) in [6.07, 6.45) is 1.69. The van der Waals surface area contributed by atoms with Gasteiger partial charge in [-0.3, -0.25) is 4.90 Å². The van der Waals surface area contributed by atoms with E-state index in [1.54, 1.807) is 30.5 Å². The van der Waals surface area contributed by atoms with E-state index < -0.39 is 6.61 Å². The second-order valence-corrected chi connectivity index (χ2v) is 5.58. The zero-order chi connectivity index (χ0) is 16.9. The van der Waals surface area contributed by atoms with Crippen LogP contribution in [0.1, 0.15) is 24.3 Å². The summed E-state index contributed by atoms with van der Waals surface area (Å²) in [4.78, 5) is 2.28. The molecular weight excluding hydrogens is 318 g/mol. The predicted octanol–water partition coefficient (Wildman–Crippen LogP) is 2.47. The van der Waals surface area contributed by atoms with Crippen molar-refractivity contribution in [1.82, 2.24) is 19.9 Å². The third-order valence-electron chi connectivity index (χ3n) is 4.01. The zero-order valence-corrected chi connectivity index (χ0v) is 13.4. The summed E-state index contributed by atoms with van der Waals surface area (Å²) in [5.74, 6) is 0.152. The van der Waals surface area contributed by atoms with Crippen LogP contribution >= 0.6 is 0 Å². The van der Waals surface area contributed by atoms with Gasteiger partial charge in [0, 0.05) is 26.2 Å². The fraction of sp³-hybridized carbons (Fsp3) is 0.500. The molecule has 1 aliphatic rings. The van der Waals surface area contributed by atoms with E-state index in [2.05, 4.69) is 19.9 Å². The number of aryl methyl sites for hydroxylation is 1. The molecule has 1 unspecified atom stereocenters.